The zero-order chi connectivity index (χ0) is 6.97. The number of nitrogens with zero attached hydrogens (tertiary/aromatic N) is 1. The van der Waals surface area contributed by atoms with Crippen LogP contribution < -0.4 is 0 Å². The van der Waals surface area contributed by atoms with Gasteiger partial charge < -0.3 is 4.52 Å². The number of hydrogen-bond acceptors (Lipinski definition) is 2. The molecule has 0 saturated heterocycles. The summed E-state index contributed by atoms with van der Waals surface area (Å²) in [6, 6.07) is 4.55. The molecule has 0 bridgehead atoms. The molecule has 2 nitrogen and oxygen atoms in total. The van der Waals surface area contributed by atoms with Crippen molar-refractivity contribution < 1.29 is 8.91 Å². The van der Waals surface area contributed by atoms with Crippen molar-refractivity contribution in [2.24, 2.45) is 0 Å². The van der Waals surface area contributed by atoms with Crippen LogP contribution in [0.25, 0.3) is 11.0 Å². The van der Waals surface area contributed by atoms with Gasteiger partial charge in [0, 0.05) is 0 Å². The lowest BCUT2D eigenvalue weighted by Gasteiger charge is -1.84. The fraction of sp³-hybridized carbons (Fsp3) is 0. The highest BCUT2D eigenvalue weighted by Gasteiger charge is 2.02. The molecule has 0 aliphatic carbocycles. The SMILES string of the molecule is Fc1cccc2on[c]c12. The third-order valence-corrected chi connectivity index (χ3v) is 1.28. The molecule has 49 valence electrons. The van der Waals surface area contributed by atoms with E-state index in [0.717, 1.165) is 0 Å². The van der Waals surface area contributed by atoms with Gasteiger partial charge in [-0.05, 0) is 12.1 Å². The molecule has 0 atom stereocenters. The Morgan fingerprint density at radius 3 is 3.20 bits per heavy atom. The van der Waals surface area contributed by atoms with Gasteiger partial charge in [0.2, 0.25) is 0 Å². The predicted molar refractivity (Wildman–Crippen MR) is 32.8 cm³/mol. The number of fused-ring (bicyclic) bond motifs is 1. The molecule has 0 N–H and O–H groups in total. The van der Waals surface area contributed by atoms with E-state index >= 15 is 0 Å². The minimum atomic E-state index is -0.348. The Balaban J connectivity index is 2.95. The van der Waals surface area contributed by atoms with Crippen LogP contribution >= 0.6 is 0 Å². The maximum Gasteiger partial charge on any atom is 0.170 e. The highest BCUT2D eigenvalue weighted by Crippen LogP contribution is 2.14. The molecular formula is C7H3FNO. The molecule has 1 heterocycles. The maximum atomic E-state index is 12.7. The normalized spacial score (nSPS) is 10.5. The second kappa shape index (κ2) is 1.80. The second-order valence-corrected chi connectivity index (χ2v) is 1.91. The minimum Gasteiger partial charge on any atom is -0.355 e. The van der Waals surface area contributed by atoms with Gasteiger partial charge in [0.25, 0.3) is 0 Å². The molecule has 0 saturated carbocycles. The van der Waals surface area contributed by atoms with E-state index in [4.69, 9.17) is 0 Å². The Bertz CT molecular complexity index is 355. The molecule has 10 heavy (non-hydrogen) atoms. The Kier molecular flexibility index (Phi) is 0.974. The van der Waals surface area contributed by atoms with Crippen molar-refractivity contribution in [3.63, 3.8) is 0 Å². The highest BCUT2D eigenvalue weighted by molar-refractivity contribution is 5.75. The van der Waals surface area contributed by atoms with Crippen LogP contribution in [-0.4, -0.2) is 5.16 Å². The van der Waals surface area contributed by atoms with Gasteiger partial charge in [-0.1, -0.05) is 11.2 Å². The van der Waals surface area contributed by atoms with Gasteiger partial charge >= 0.3 is 0 Å². The van der Waals surface area contributed by atoms with Crippen molar-refractivity contribution >= 4 is 11.0 Å². The van der Waals surface area contributed by atoms with E-state index in [9.17, 15) is 4.39 Å². The van der Waals surface area contributed by atoms with Gasteiger partial charge in [0.05, 0.1) is 5.39 Å². The summed E-state index contributed by atoms with van der Waals surface area (Å²) in [6.07, 6.45) is 2.40. The first kappa shape index (κ1) is 5.41. The Labute approximate surface area is 56.2 Å². The molecule has 0 spiro atoms. The average Bonchev–Trinajstić information content (AvgIpc) is 2.36. The molecule has 2 aromatic rings. The predicted octanol–water partition coefficient (Wildman–Crippen LogP) is 1.77. The molecule has 1 aromatic carbocycles. The lowest BCUT2D eigenvalue weighted by Crippen LogP contribution is -1.71. The number of halogens is 1. The van der Waals surface area contributed by atoms with E-state index in [1.165, 1.54) is 6.07 Å². The van der Waals surface area contributed by atoms with Crippen molar-refractivity contribution in [2.75, 3.05) is 0 Å². The first-order valence-corrected chi connectivity index (χ1v) is 2.79. The van der Waals surface area contributed by atoms with E-state index < -0.39 is 0 Å². The van der Waals surface area contributed by atoms with Crippen molar-refractivity contribution in [1.29, 1.82) is 0 Å². The lowest BCUT2D eigenvalue weighted by atomic mass is 10.3. The Morgan fingerprint density at radius 2 is 2.40 bits per heavy atom. The van der Waals surface area contributed by atoms with Crippen LogP contribution in [0.3, 0.4) is 0 Å². The molecular weight excluding hydrogens is 133 g/mol. The van der Waals surface area contributed by atoms with Gasteiger partial charge in [0.15, 0.2) is 5.58 Å². The standard InChI is InChI=1S/C7H3FNO/c8-6-2-1-3-7-5(6)4-9-10-7/h1-3H. The number of aromatic nitrogens is 1. The van der Waals surface area contributed by atoms with Crippen LogP contribution in [0.15, 0.2) is 22.7 Å². The van der Waals surface area contributed by atoms with Crippen molar-refractivity contribution in [2.45, 2.75) is 0 Å². The lowest BCUT2D eigenvalue weighted by molar-refractivity contribution is 0.454. The third-order valence-electron chi connectivity index (χ3n) is 1.28. The number of rotatable bonds is 0. The molecule has 0 unspecified atom stereocenters. The number of hydrogen-bond donors (Lipinski definition) is 0. The van der Waals surface area contributed by atoms with Gasteiger partial charge in [-0.25, -0.2) is 4.39 Å². The van der Waals surface area contributed by atoms with E-state index in [0.29, 0.717) is 11.0 Å². The minimum absolute atomic E-state index is 0.308. The third kappa shape index (κ3) is 0.603. The summed E-state index contributed by atoms with van der Waals surface area (Å²) >= 11 is 0. The van der Waals surface area contributed by atoms with Crippen LogP contribution in [0.2, 0.25) is 0 Å². The summed E-state index contributed by atoms with van der Waals surface area (Å²) in [5, 5.41) is 3.63. The van der Waals surface area contributed by atoms with Gasteiger partial charge in [0.1, 0.15) is 12.0 Å². The zero-order valence-electron chi connectivity index (χ0n) is 4.97. The zero-order valence-corrected chi connectivity index (χ0v) is 4.97. The fourth-order valence-corrected chi connectivity index (χ4v) is 0.807. The van der Waals surface area contributed by atoms with Crippen molar-refractivity contribution in [3.05, 3.63) is 30.2 Å². The summed E-state index contributed by atoms with van der Waals surface area (Å²) in [5.41, 5.74) is 0.431. The van der Waals surface area contributed by atoms with E-state index in [1.807, 2.05) is 0 Å². The fourth-order valence-electron chi connectivity index (χ4n) is 0.807. The first-order valence-electron chi connectivity index (χ1n) is 2.79. The molecule has 1 aromatic heterocycles. The van der Waals surface area contributed by atoms with Gasteiger partial charge in [-0.3, -0.25) is 0 Å². The van der Waals surface area contributed by atoms with Crippen molar-refractivity contribution in [3.8, 4) is 0 Å². The molecule has 3 heteroatoms. The number of benzene rings is 1. The summed E-state index contributed by atoms with van der Waals surface area (Å²) in [5.74, 6) is -0.348. The smallest absolute Gasteiger partial charge is 0.170 e. The van der Waals surface area contributed by atoms with Crippen LogP contribution in [0, 0.1) is 12.0 Å². The second-order valence-electron chi connectivity index (χ2n) is 1.91. The summed E-state index contributed by atoms with van der Waals surface area (Å²) in [7, 11) is 0. The molecule has 0 fully saturated rings. The molecule has 2 rings (SSSR count). The Hall–Kier alpha value is -1.38. The molecule has 0 amide bonds. The van der Waals surface area contributed by atoms with E-state index in [1.54, 1.807) is 12.1 Å². The maximum absolute atomic E-state index is 12.7. The summed E-state index contributed by atoms with van der Waals surface area (Å²) in [4.78, 5) is 0. The summed E-state index contributed by atoms with van der Waals surface area (Å²) < 4.78 is 17.3. The first-order chi connectivity index (χ1) is 4.88. The van der Waals surface area contributed by atoms with Crippen LogP contribution in [0.4, 0.5) is 4.39 Å². The Morgan fingerprint density at radius 1 is 1.50 bits per heavy atom. The van der Waals surface area contributed by atoms with Gasteiger partial charge in [-0.15, -0.1) is 0 Å². The monoisotopic (exact) mass is 136 g/mol. The van der Waals surface area contributed by atoms with Gasteiger partial charge in [-0.2, -0.15) is 0 Å². The van der Waals surface area contributed by atoms with Crippen LogP contribution in [0.1, 0.15) is 0 Å². The van der Waals surface area contributed by atoms with Crippen LogP contribution in [-0.2, 0) is 0 Å². The topological polar surface area (TPSA) is 26.0 Å². The van der Waals surface area contributed by atoms with Crippen LogP contribution in [0.5, 0.6) is 0 Å². The van der Waals surface area contributed by atoms with E-state index in [-0.39, 0.29) is 5.82 Å². The van der Waals surface area contributed by atoms with E-state index in [2.05, 4.69) is 15.9 Å². The molecule has 0 aliphatic rings. The van der Waals surface area contributed by atoms with Crippen molar-refractivity contribution in [1.82, 2.24) is 5.16 Å². The molecule has 0 aliphatic heterocycles. The highest BCUT2D eigenvalue weighted by atomic mass is 19.1. The average molecular weight is 136 g/mol. The molecule has 1 radical (unpaired) electrons. The quantitative estimate of drug-likeness (QED) is 0.551. The summed E-state index contributed by atoms with van der Waals surface area (Å²) in [6.45, 7) is 0. The largest absolute Gasteiger partial charge is 0.355 e.